The van der Waals surface area contributed by atoms with Gasteiger partial charge in [0.1, 0.15) is 5.75 Å². The second-order valence-electron chi connectivity index (χ2n) is 7.17. The van der Waals surface area contributed by atoms with Crippen LogP contribution in [0.2, 0.25) is 0 Å². The minimum absolute atomic E-state index is 0.225. The summed E-state index contributed by atoms with van der Waals surface area (Å²) in [4.78, 5) is 4.59. The number of hydrogen-bond donors (Lipinski definition) is 0. The largest absolute Gasteiger partial charge is 0.493 e. The fraction of sp³-hybridized carbons (Fsp3) is 0.292. The normalized spacial score (nSPS) is 11.6. The molecule has 0 aliphatic rings. The van der Waals surface area contributed by atoms with Crippen molar-refractivity contribution in [3.05, 3.63) is 89.7 Å². The smallest absolute Gasteiger partial charge is 0.243 e. The first-order valence-electron chi connectivity index (χ1n) is 10.2. The number of benzene rings is 2. The van der Waals surface area contributed by atoms with E-state index in [2.05, 4.69) is 4.98 Å². The molecule has 2 aromatic carbocycles. The molecule has 1 aromatic heterocycles. The number of aromatic nitrogens is 1. The highest BCUT2D eigenvalue weighted by molar-refractivity contribution is 7.89. The first-order chi connectivity index (χ1) is 14.5. The third-order valence-corrected chi connectivity index (χ3v) is 6.64. The molecule has 0 fully saturated rings. The van der Waals surface area contributed by atoms with Crippen molar-refractivity contribution in [1.82, 2.24) is 9.29 Å². The average molecular weight is 425 g/mol. The van der Waals surface area contributed by atoms with E-state index >= 15 is 0 Å². The molecule has 1 heterocycles. The Morgan fingerprint density at radius 1 is 1.00 bits per heavy atom. The SMILES string of the molecule is CCCOc1ccc(S(=O)(=O)N(CCc2ccccc2)Cc2ccccn2)cc1C. The van der Waals surface area contributed by atoms with Crippen LogP contribution in [0.25, 0.3) is 0 Å². The van der Waals surface area contributed by atoms with Crippen molar-refractivity contribution in [2.45, 2.75) is 38.1 Å². The standard InChI is InChI=1S/C24H28N2O3S/c1-3-17-29-24-13-12-23(18-20(24)2)30(27,28)26(19-22-11-7-8-15-25-22)16-14-21-9-5-4-6-10-21/h4-13,15,18H,3,14,16-17,19H2,1-2H3. The molecule has 158 valence electrons. The predicted molar refractivity (Wildman–Crippen MR) is 119 cm³/mol. The van der Waals surface area contributed by atoms with Crippen molar-refractivity contribution in [1.29, 1.82) is 0 Å². The minimum Gasteiger partial charge on any atom is -0.493 e. The second-order valence-corrected chi connectivity index (χ2v) is 9.11. The van der Waals surface area contributed by atoms with Gasteiger partial charge in [-0.1, -0.05) is 43.3 Å². The number of ether oxygens (including phenoxy) is 1. The zero-order valence-electron chi connectivity index (χ0n) is 17.5. The van der Waals surface area contributed by atoms with E-state index in [-0.39, 0.29) is 11.4 Å². The lowest BCUT2D eigenvalue weighted by atomic mass is 10.1. The van der Waals surface area contributed by atoms with Crippen LogP contribution >= 0.6 is 0 Å². The maximum absolute atomic E-state index is 13.5. The highest BCUT2D eigenvalue weighted by atomic mass is 32.2. The molecule has 0 saturated heterocycles. The molecular weight excluding hydrogens is 396 g/mol. The Hall–Kier alpha value is -2.70. The van der Waals surface area contributed by atoms with Gasteiger partial charge in [0, 0.05) is 12.7 Å². The summed E-state index contributed by atoms with van der Waals surface area (Å²) in [6, 6.07) is 20.5. The van der Waals surface area contributed by atoms with Gasteiger partial charge < -0.3 is 4.74 Å². The van der Waals surface area contributed by atoms with E-state index in [1.807, 2.05) is 62.4 Å². The maximum atomic E-state index is 13.5. The Bertz CT molecular complexity index is 1040. The van der Waals surface area contributed by atoms with Crippen LogP contribution in [-0.2, 0) is 23.0 Å². The van der Waals surface area contributed by atoms with Gasteiger partial charge in [-0.15, -0.1) is 0 Å². The number of pyridine rings is 1. The van der Waals surface area contributed by atoms with Gasteiger partial charge in [0.25, 0.3) is 0 Å². The van der Waals surface area contributed by atoms with E-state index in [4.69, 9.17) is 4.74 Å². The van der Waals surface area contributed by atoms with Gasteiger partial charge >= 0.3 is 0 Å². The van der Waals surface area contributed by atoms with Gasteiger partial charge in [0.2, 0.25) is 10.0 Å². The Kier molecular flexibility index (Phi) is 7.60. The van der Waals surface area contributed by atoms with Crippen molar-refractivity contribution in [3.63, 3.8) is 0 Å². The third kappa shape index (κ3) is 5.68. The lowest BCUT2D eigenvalue weighted by Gasteiger charge is -2.22. The molecule has 0 aliphatic heterocycles. The van der Waals surface area contributed by atoms with Gasteiger partial charge in [0.05, 0.1) is 23.7 Å². The summed E-state index contributed by atoms with van der Waals surface area (Å²) in [5.41, 5.74) is 2.62. The molecule has 3 rings (SSSR count). The minimum atomic E-state index is -3.69. The summed E-state index contributed by atoms with van der Waals surface area (Å²) >= 11 is 0. The summed E-state index contributed by atoms with van der Waals surface area (Å²) in [6.45, 7) is 5.11. The number of aryl methyl sites for hydroxylation is 1. The number of nitrogens with zero attached hydrogens (tertiary/aromatic N) is 2. The van der Waals surface area contributed by atoms with E-state index < -0.39 is 10.0 Å². The van der Waals surface area contributed by atoms with Gasteiger partial charge in [-0.25, -0.2) is 8.42 Å². The topological polar surface area (TPSA) is 59.5 Å². The number of sulfonamides is 1. The summed E-state index contributed by atoms with van der Waals surface area (Å²) in [5, 5.41) is 0. The Balaban J connectivity index is 1.87. The van der Waals surface area contributed by atoms with Crippen molar-refractivity contribution in [2.75, 3.05) is 13.2 Å². The molecule has 0 N–H and O–H groups in total. The molecule has 0 saturated carbocycles. The number of rotatable bonds is 10. The van der Waals surface area contributed by atoms with E-state index in [0.29, 0.717) is 25.3 Å². The molecule has 30 heavy (non-hydrogen) atoms. The zero-order chi connectivity index (χ0) is 21.4. The molecule has 3 aromatic rings. The van der Waals surface area contributed by atoms with Crippen LogP contribution in [0.1, 0.15) is 30.2 Å². The summed E-state index contributed by atoms with van der Waals surface area (Å²) in [7, 11) is -3.69. The van der Waals surface area contributed by atoms with E-state index in [0.717, 1.165) is 23.3 Å². The van der Waals surface area contributed by atoms with Crippen molar-refractivity contribution < 1.29 is 13.2 Å². The van der Waals surface area contributed by atoms with Crippen LogP contribution in [0.3, 0.4) is 0 Å². The molecule has 6 heteroatoms. The van der Waals surface area contributed by atoms with Crippen LogP contribution in [-0.4, -0.2) is 30.9 Å². The molecular formula is C24H28N2O3S. The molecule has 0 spiro atoms. The summed E-state index contributed by atoms with van der Waals surface area (Å²) in [5.74, 6) is 0.719. The third-order valence-electron chi connectivity index (χ3n) is 4.80. The number of hydrogen-bond acceptors (Lipinski definition) is 4. The molecule has 0 amide bonds. The fourth-order valence-electron chi connectivity index (χ4n) is 3.16. The first kappa shape index (κ1) is 22.0. The first-order valence-corrected chi connectivity index (χ1v) is 11.6. The van der Waals surface area contributed by atoms with Gasteiger partial charge in [-0.05, 0) is 61.2 Å². The van der Waals surface area contributed by atoms with Crippen molar-refractivity contribution in [3.8, 4) is 5.75 Å². The monoisotopic (exact) mass is 424 g/mol. The van der Waals surface area contributed by atoms with E-state index in [1.165, 1.54) is 4.31 Å². The van der Waals surface area contributed by atoms with Crippen LogP contribution in [0.5, 0.6) is 5.75 Å². The molecule has 0 aliphatic carbocycles. The molecule has 0 unspecified atom stereocenters. The molecule has 5 nitrogen and oxygen atoms in total. The van der Waals surface area contributed by atoms with Gasteiger partial charge in [-0.3, -0.25) is 4.98 Å². The van der Waals surface area contributed by atoms with Gasteiger partial charge in [-0.2, -0.15) is 4.31 Å². The summed E-state index contributed by atoms with van der Waals surface area (Å²) < 4.78 is 34.2. The lowest BCUT2D eigenvalue weighted by Crippen LogP contribution is -2.33. The van der Waals surface area contributed by atoms with Crippen LogP contribution < -0.4 is 4.74 Å². The Labute approximate surface area is 179 Å². The van der Waals surface area contributed by atoms with Crippen molar-refractivity contribution in [2.24, 2.45) is 0 Å². The van der Waals surface area contributed by atoms with Crippen molar-refractivity contribution >= 4 is 10.0 Å². The maximum Gasteiger partial charge on any atom is 0.243 e. The van der Waals surface area contributed by atoms with Crippen LogP contribution in [0.4, 0.5) is 0 Å². The second kappa shape index (κ2) is 10.4. The Morgan fingerprint density at radius 2 is 1.77 bits per heavy atom. The molecule has 0 atom stereocenters. The van der Waals surface area contributed by atoms with E-state index in [1.54, 1.807) is 24.4 Å². The quantitative estimate of drug-likeness (QED) is 0.477. The highest BCUT2D eigenvalue weighted by Gasteiger charge is 2.25. The van der Waals surface area contributed by atoms with E-state index in [9.17, 15) is 8.42 Å². The Morgan fingerprint density at radius 3 is 2.43 bits per heavy atom. The zero-order valence-corrected chi connectivity index (χ0v) is 18.3. The fourth-order valence-corrected chi connectivity index (χ4v) is 4.66. The molecule has 0 radical (unpaired) electrons. The molecule has 0 bridgehead atoms. The van der Waals surface area contributed by atoms with Crippen LogP contribution in [0, 0.1) is 6.92 Å². The van der Waals surface area contributed by atoms with Gasteiger partial charge in [0.15, 0.2) is 0 Å². The summed E-state index contributed by atoms with van der Waals surface area (Å²) in [6.07, 6.45) is 3.21. The average Bonchev–Trinajstić information content (AvgIpc) is 2.77. The van der Waals surface area contributed by atoms with Crippen LogP contribution in [0.15, 0.2) is 77.8 Å². The highest BCUT2D eigenvalue weighted by Crippen LogP contribution is 2.25. The lowest BCUT2D eigenvalue weighted by molar-refractivity contribution is 0.315. The predicted octanol–water partition coefficient (Wildman–Crippen LogP) is 4.61.